The van der Waals surface area contributed by atoms with Crippen LogP contribution in [0, 0.1) is 0 Å². The van der Waals surface area contributed by atoms with Crippen molar-refractivity contribution in [3.05, 3.63) is 54.7 Å². The molecule has 5 heteroatoms. The minimum absolute atomic E-state index is 0.398. The molecule has 1 aromatic heterocycles. The number of aliphatic carboxylic acids is 1. The Hall–Kier alpha value is -2.69. The van der Waals surface area contributed by atoms with Crippen molar-refractivity contribution in [1.29, 1.82) is 0 Å². The van der Waals surface area contributed by atoms with E-state index in [1.54, 1.807) is 24.4 Å². The average Bonchev–Trinajstić information content (AvgIpc) is 2.62. The summed E-state index contributed by atoms with van der Waals surface area (Å²) in [7, 11) is 0. The van der Waals surface area contributed by atoms with Crippen LogP contribution in [0.2, 0.25) is 0 Å². The molecule has 1 aromatic carbocycles. The standard InChI is InChI=1S/C20H24N2O3/c1-2-3-4-5-6-7-13-17(20(24)25)22-19(23)16-12-8-10-15-11-9-14-21-18(15)16/h2,8-12,14,17H,1,3-7,13H2,(H,22,23)(H,24,25)/t17-/m0/s1. The maximum Gasteiger partial charge on any atom is 0.326 e. The van der Waals surface area contributed by atoms with Gasteiger partial charge in [0, 0.05) is 11.6 Å². The Morgan fingerprint density at radius 1 is 1.16 bits per heavy atom. The molecule has 2 aromatic rings. The summed E-state index contributed by atoms with van der Waals surface area (Å²) in [5.41, 5.74) is 0.978. The van der Waals surface area contributed by atoms with Gasteiger partial charge in [-0.1, -0.05) is 43.5 Å². The number of carbonyl (C=O) groups excluding carboxylic acids is 1. The lowest BCUT2D eigenvalue weighted by Gasteiger charge is -2.15. The van der Waals surface area contributed by atoms with Crippen molar-refractivity contribution in [2.24, 2.45) is 0 Å². The SMILES string of the molecule is C=CCCCCCC[C@H](NC(=O)c1cccc2cccnc12)C(=O)O. The number of nitrogens with one attached hydrogen (secondary N) is 1. The molecule has 2 N–H and O–H groups in total. The van der Waals surface area contributed by atoms with Crippen molar-refractivity contribution in [3.63, 3.8) is 0 Å². The van der Waals surface area contributed by atoms with E-state index in [0.29, 0.717) is 17.5 Å². The second-order valence-corrected chi connectivity index (χ2v) is 6.03. The summed E-state index contributed by atoms with van der Waals surface area (Å²) in [5.74, 6) is -1.41. The van der Waals surface area contributed by atoms with Gasteiger partial charge in [0.25, 0.3) is 5.91 Å². The first-order valence-electron chi connectivity index (χ1n) is 8.62. The summed E-state index contributed by atoms with van der Waals surface area (Å²) >= 11 is 0. The highest BCUT2D eigenvalue weighted by Crippen LogP contribution is 2.16. The van der Waals surface area contributed by atoms with Gasteiger partial charge in [0.15, 0.2) is 0 Å². The molecule has 5 nitrogen and oxygen atoms in total. The molecule has 2 rings (SSSR count). The number of rotatable bonds is 10. The smallest absolute Gasteiger partial charge is 0.326 e. The number of para-hydroxylation sites is 1. The highest BCUT2D eigenvalue weighted by molar-refractivity contribution is 6.06. The van der Waals surface area contributed by atoms with Gasteiger partial charge in [-0.3, -0.25) is 9.78 Å². The first-order valence-corrected chi connectivity index (χ1v) is 8.62. The third-order valence-corrected chi connectivity index (χ3v) is 4.13. The Morgan fingerprint density at radius 2 is 1.92 bits per heavy atom. The van der Waals surface area contributed by atoms with E-state index in [1.165, 1.54) is 0 Å². The van der Waals surface area contributed by atoms with Gasteiger partial charge in [-0.05, 0) is 31.4 Å². The Morgan fingerprint density at radius 3 is 2.68 bits per heavy atom. The summed E-state index contributed by atoms with van der Waals surface area (Å²) in [5, 5.41) is 12.9. The molecule has 1 heterocycles. The molecule has 0 radical (unpaired) electrons. The molecule has 0 bridgehead atoms. The van der Waals surface area contributed by atoms with Gasteiger partial charge in [0.2, 0.25) is 0 Å². The highest BCUT2D eigenvalue weighted by Gasteiger charge is 2.21. The van der Waals surface area contributed by atoms with Crippen LogP contribution in [0.4, 0.5) is 0 Å². The molecule has 0 fully saturated rings. The topological polar surface area (TPSA) is 79.3 Å². The predicted octanol–water partition coefficient (Wildman–Crippen LogP) is 3.94. The fourth-order valence-corrected chi connectivity index (χ4v) is 2.77. The van der Waals surface area contributed by atoms with E-state index in [9.17, 15) is 14.7 Å². The molecule has 0 saturated carbocycles. The van der Waals surface area contributed by atoms with Crippen molar-refractivity contribution >= 4 is 22.8 Å². The first kappa shape index (κ1) is 18.6. The maximum atomic E-state index is 12.5. The van der Waals surface area contributed by atoms with E-state index in [0.717, 1.165) is 37.5 Å². The summed E-state index contributed by atoms with van der Waals surface area (Å²) < 4.78 is 0. The number of carboxylic acids is 1. The van der Waals surface area contributed by atoms with E-state index in [2.05, 4.69) is 16.9 Å². The number of allylic oxidation sites excluding steroid dienone is 1. The number of pyridine rings is 1. The van der Waals surface area contributed by atoms with E-state index in [4.69, 9.17) is 0 Å². The van der Waals surface area contributed by atoms with Gasteiger partial charge >= 0.3 is 5.97 Å². The fraction of sp³-hybridized carbons (Fsp3) is 0.350. The number of hydrogen-bond donors (Lipinski definition) is 2. The van der Waals surface area contributed by atoms with Crippen LogP contribution >= 0.6 is 0 Å². The van der Waals surface area contributed by atoms with Crippen LogP contribution in [0.3, 0.4) is 0 Å². The Bertz CT molecular complexity index is 737. The molecule has 0 spiro atoms. The molecule has 132 valence electrons. The van der Waals surface area contributed by atoms with Crippen LogP contribution in [0.5, 0.6) is 0 Å². The number of benzene rings is 1. The van der Waals surface area contributed by atoms with Crippen LogP contribution in [-0.2, 0) is 4.79 Å². The number of amides is 1. The van der Waals surface area contributed by atoms with E-state index >= 15 is 0 Å². The maximum absolute atomic E-state index is 12.5. The van der Waals surface area contributed by atoms with Gasteiger partial charge in [0.1, 0.15) is 6.04 Å². The van der Waals surface area contributed by atoms with Crippen LogP contribution < -0.4 is 5.32 Å². The van der Waals surface area contributed by atoms with Crippen molar-refractivity contribution < 1.29 is 14.7 Å². The first-order chi connectivity index (χ1) is 12.1. The lowest BCUT2D eigenvalue weighted by atomic mass is 10.0. The molecule has 1 amide bonds. The van der Waals surface area contributed by atoms with Gasteiger partial charge < -0.3 is 10.4 Å². The summed E-state index contributed by atoms with van der Waals surface area (Å²) in [4.78, 5) is 28.2. The molecule has 0 aliphatic rings. The second-order valence-electron chi connectivity index (χ2n) is 6.03. The Kier molecular flexibility index (Phi) is 7.14. The number of carbonyl (C=O) groups is 2. The lowest BCUT2D eigenvalue weighted by Crippen LogP contribution is -2.40. The monoisotopic (exact) mass is 340 g/mol. The molecular formula is C20H24N2O3. The zero-order valence-corrected chi connectivity index (χ0v) is 14.3. The molecule has 1 atom stereocenters. The number of carboxylic acid groups (broad SMARTS) is 1. The number of nitrogens with zero attached hydrogens (tertiary/aromatic N) is 1. The zero-order valence-electron chi connectivity index (χ0n) is 14.3. The summed E-state index contributed by atoms with van der Waals surface area (Å²) in [6.45, 7) is 3.68. The van der Waals surface area contributed by atoms with Gasteiger partial charge in [-0.15, -0.1) is 6.58 Å². The van der Waals surface area contributed by atoms with Crippen molar-refractivity contribution in [2.45, 2.75) is 44.6 Å². The molecular weight excluding hydrogens is 316 g/mol. The number of fused-ring (bicyclic) bond motifs is 1. The van der Waals surface area contributed by atoms with Crippen molar-refractivity contribution in [2.75, 3.05) is 0 Å². The Labute approximate surface area is 147 Å². The third-order valence-electron chi connectivity index (χ3n) is 4.13. The molecule has 0 aliphatic carbocycles. The Balaban J connectivity index is 1.97. The highest BCUT2D eigenvalue weighted by atomic mass is 16.4. The second kappa shape index (κ2) is 9.57. The van der Waals surface area contributed by atoms with E-state index < -0.39 is 17.9 Å². The minimum atomic E-state index is -1.01. The molecule has 0 saturated heterocycles. The van der Waals surface area contributed by atoms with Crippen molar-refractivity contribution in [1.82, 2.24) is 10.3 Å². The normalized spacial score (nSPS) is 11.8. The molecule has 0 unspecified atom stereocenters. The lowest BCUT2D eigenvalue weighted by molar-refractivity contribution is -0.139. The molecule has 0 aliphatic heterocycles. The number of unbranched alkanes of at least 4 members (excludes halogenated alkanes) is 4. The van der Waals surface area contributed by atoms with Crippen LogP contribution in [0.1, 0.15) is 48.9 Å². The third kappa shape index (κ3) is 5.41. The average molecular weight is 340 g/mol. The number of aromatic nitrogens is 1. The summed E-state index contributed by atoms with van der Waals surface area (Å²) in [6.07, 6.45) is 8.73. The van der Waals surface area contributed by atoms with Crippen LogP contribution in [-0.4, -0.2) is 28.0 Å². The number of hydrogen-bond acceptors (Lipinski definition) is 3. The largest absolute Gasteiger partial charge is 0.480 e. The van der Waals surface area contributed by atoms with Gasteiger partial charge in [0.05, 0.1) is 11.1 Å². The van der Waals surface area contributed by atoms with Crippen molar-refractivity contribution in [3.8, 4) is 0 Å². The molecule has 25 heavy (non-hydrogen) atoms. The van der Waals surface area contributed by atoms with Crippen LogP contribution in [0.15, 0.2) is 49.2 Å². The predicted molar refractivity (Wildman–Crippen MR) is 98.5 cm³/mol. The van der Waals surface area contributed by atoms with E-state index in [1.807, 2.05) is 18.2 Å². The summed E-state index contributed by atoms with van der Waals surface area (Å²) in [6, 6.07) is 8.10. The zero-order chi connectivity index (χ0) is 18.1. The van der Waals surface area contributed by atoms with Gasteiger partial charge in [-0.2, -0.15) is 0 Å². The van der Waals surface area contributed by atoms with Gasteiger partial charge in [-0.25, -0.2) is 4.79 Å². The quantitative estimate of drug-likeness (QED) is 0.507. The fourth-order valence-electron chi connectivity index (χ4n) is 2.77. The van der Waals surface area contributed by atoms with Crippen LogP contribution in [0.25, 0.3) is 10.9 Å². The van der Waals surface area contributed by atoms with E-state index in [-0.39, 0.29) is 0 Å². The minimum Gasteiger partial charge on any atom is -0.480 e.